The normalized spacial score (nSPS) is 10.1. The van der Waals surface area contributed by atoms with Crippen molar-refractivity contribution in [3.8, 4) is 5.82 Å². The molecule has 0 aliphatic heterocycles. The minimum atomic E-state index is 0.536. The molecule has 2 aromatic heterocycles. The first-order chi connectivity index (χ1) is 8.69. The van der Waals surface area contributed by atoms with Gasteiger partial charge in [-0.15, -0.1) is 0 Å². The molecule has 8 heteroatoms. The molecule has 0 fully saturated rings. The number of imidazole rings is 1. The van der Waals surface area contributed by atoms with Crippen LogP contribution in [-0.4, -0.2) is 31.2 Å². The van der Waals surface area contributed by atoms with Crippen LogP contribution in [0, 0.1) is 0 Å². The standard InChI is InChI=1S/C10H11BrN6S/c1-2-12-10(18)16-8-3-9(14-5-13-8)17-4-7(11)15-6-17/h3-6H,2H2,1H3,(H2,12,13,14,16,18). The molecule has 0 saturated heterocycles. The van der Waals surface area contributed by atoms with Crippen molar-refractivity contribution >= 4 is 39.1 Å². The first kappa shape index (κ1) is 12.9. The van der Waals surface area contributed by atoms with Crippen molar-refractivity contribution < 1.29 is 0 Å². The summed E-state index contributed by atoms with van der Waals surface area (Å²) in [6.07, 6.45) is 4.95. The van der Waals surface area contributed by atoms with Crippen molar-refractivity contribution in [2.75, 3.05) is 11.9 Å². The predicted octanol–water partition coefficient (Wildman–Crippen LogP) is 1.73. The van der Waals surface area contributed by atoms with Crippen LogP contribution in [0.25, 0.3) is 5.82 Å². The van der Waals surface area contributed by atoms with E-state index in [1.165, 1.54) is 6.33 Å². The zero-order chi connectivity index (χ0) is 13.0. The molecule has 0 spiro atoms. The van der Waals surface area contributed by atoms with E-state index < -0.39 is 0 Å². The van der Waals surface area contributed by atoms with Gasteiger partial charge >= 0.3 is 0 Å². The molecule has 94 valence electrons. The number of aromatic nitrogens is 4. The minimum Gasteiger partial charge on any atom is -0.363 e. The quantitative estimate of drug-likeness (QED) is 0.837. The number of hydrogen-bond donors (Lipinski definition) is 2. The third kappa shape index (κ3) is 3.23. The van der Waals surface area contributed by atoms with Gasteiger partial charge in [0.05, 0.1) is 0 Å². The lowest BCUT2D eigenvalue weighted by Gasteiger charge is -2.08. The van der Waals surface area contributed by atoms with Gasteiger partial charge in [-0.05, 0) is 35.1 Å². The molecular formula is C10H11BrN6S. The number of hydrogen-bond acceptors (Lipinski definition) is 4. The van der Waals surface area contributed by atoms with Crippen molar-refractivity contribution in [3.63, 3.8) is 0 Å². The van der Waals surface area contributed by atoms with E-state index in [1.807, 2.05) is 13.1 Å². The van der Waals surface area contributed by atoms with E-state index in [4.69, 9.17) is 12.2 Å². The van der Waals surface area contributed by atoms with Crippen LogP contribution in [-0.2, 0) is 0 Å². The van der Waals surface area contributed by atoms with Gasteiger partial charge in [-0.1, -0.05) is 0 Å². The van der Waals surface area contributed by atoms with Crippen LogP contribution in [0.15, 0.2) is 29.5 Å². The fourth-order valence-corrected chi connectivity index (χ4v) is 1.86. The average Bonchev–Trinajstić information content (AvgIpc) is 2.76. The summed E-state index contributed by atoms with van der Waals surface area (Å²) in [5.74, 6) is 1.35. The minimum absolute atomic E-state index is 0.536. The van der Waals surface area contributed by atoms with Crippen molar-refractivity contribution in [1.82, 2.24) is 24.8 Å². The first-order valence-corrected chi connectivity index (χ1v) is 6.46. The van der Waals surface area contributed by atoms with Crippen LogP contribution in [0.5, 0.6) is 0 Å². The van der Waals surface area contributed by atoms with Gasteiger partial charge in [0.1, 0.15) is 28.9 Å². The van der Waals surface area contributed by atoms with Crippen molar-refractivity contribution in [2.24, 2.45) is 0 Å². The molecule has 6 nitrogen and oxygen atoms in total. The first-order valence-electron chi connectivity index (χ1n) is 5.26. The summed E-state index contributed by atoms with van der Waals surface area (Å²) in [6, 6.07) is 1.79. The van der Waals surface area contributed by atoms with E-state index in [2.05, 4.69) is 41.5 Å². The maximum absolute atomic E-state index is 5.09. The average molecular weight is 327 g/mol. The molecule has 0 amide bonds. The number of nitrogens with zero attached hydrogens (tertiary/aromatic N) is 4. The molecule has 0 aliphatic carbocycles. The van der Waals surface area contributed by atoms with Gasteiger partial charge in [0.25, 0.3) is 0 Å². The molecule has 0 aromatic carbocycles. The summed E-state index contributed by atoms with van der Waals surface area (Å²) in [5.41, 5.74) is 0. The van der Waals surface area contributed by atoms with Gasteiger partial charge in [0.15, 0.2) is 5.11 Å². The Bertz CT molecular complexity index is 555. The van der Waals surface area contributed by atoms with Gasteiger partial charge < -0.3 is 10.6 Å². The van der Waals surface area contributed by atoms with Crippen LogP contribution in [0.4, 0.5) is 5.82 Å². The van der Waals surface area contributed by atoms with Crippen LogP contribution in [0.2, 0.25) is 0 Å². The molecule has 2 rings (SSSR count). The highest BCUT2D eigenvalue weighted by atomic mass is 79.9. The lowest BCUT2D eigenvalue weighted by molar-refractivity contribution is 0.964. The fourth-order valence-electron chi connectivity index (χ4n) is 1.30. The highest BCUT2D eigenvalue weighted by molar-refractivity contribution is 9.10. The smallest absolute Gasteiger partial charge is 0.171 e. The van der Waals surface area contributed by atoms with Gasteiger partial charge in [-0.2, -0.15) is 0 Å². The predicted molar refractivity (Wildman–Crippen MR) is 76.8 cm³/mol. The van der Waals surface area contributed by atoms with Crippen LogP contribution >= 0.6 is 28.1 Å². The number of rotatable bonds is 3. The Kier molecular flexibility index (Phi) is 4.21. The Hall–Kier alpha value is -1.54. The fraction of sp³-hybridized carbons (Fsp3) is 0.200. The largest absolute Gasteiger partial charge is 0.363 e. The van der Waals surface area contributed by atoms with Gasteiger partial charge in [-0.3, -0.25) is 4.57 Å². The van der Waals surface area contributed by atoms with E-state index >= 15 is 0 Å². The Morgan fingerprint density at radius 2 is 2.28 bits per heavy atom. The number of nitrogens with one attached hydrogen (secondary N) is 2. The van der Waals surface area contributed by atoms with Crippen LogP contribution in [0.3, 0.4) is 0 Å². The van der Waals surface area contributed by atoms with Gasteiger partial charge in [-0.25, -0.2) is 15.0 Å². The van der Waals surface area contributed by atoms with Gasteiger partial charge in [0.2, 0.25) is 0 Å². The van der Waals surface area contributed by atoms with E-state index in [-0.39, 0.29) is 0 Å². The number of anilines is 1. The highest BCUT2D eigenvalue weighted by Gasteiger charge is 2.03. The molecule has 18 heavy (non-hydrogen) atoms. The summed E-state index contributed by atoms with van der Waals surface area (Å²) in [4.78, 5) is 12.3. The maximum atomic E-state index is 5.09. The molecule has 0 atom stereocenters. The van der Waals surface area contributed by atoms with E-state index in [0.29, 0.717) is 16.7 Å². The Balaban J connectivity index is 2.17. The molecule has 2 aromatic rings. The van der Waals surface area contributed by atoms with Crippen molar-refractivity contribution in [2.45, 2.75) is 6.92 Å². The highest BCUT2D eigenvalue weighted by Crippen LogP contribution is 2.12. The molecule has 0 bridgehead atoms. The number of halogens is 1. The molecular weight excluding hydrogens is 316 g/mol. The third-order valence-corrected chi connectivity index (χ3v) is 2.70. The van der Waals surface area contributed by atoms with Crippen LogP contribution in [0.1, 0.15) is 6.92 Å². The lowest BCUT2D eigenvalue weighted by atomic mass is 10.5. The summed E-state index contributed by atoms with van der Waals surface area (Å²) in [7, 11) is 0. The maximum Gasteiger partial charge on any atom is 0.171 e. The second-order valence-electron chi connectivity index (χ2n) is 3.35. The van der Waals surface area contributed by atoms with Gasteiger partial charge in [0, 0.05) is 18.8 Å². The Morgan fingerprint density at radius 3 is 2.94 bits per heavy atom. The van der Waals surface area contributed by atoms with E-state index in [9.17, 15) is 0 Å². The number of thiocarbonyl (C=S) groups is 1. The summed E-state index contributed by atoms with van der Waals surface area (Å²) >= 11 is 8.38. The molecule has 0 saturated carbocycles. The lowest BCUT2D eigenvalue weighted by Crippen LogP contribution is -2.28. The van der Waals surface area contributed by atoms with Crippen LogP contribution < -0.4 is 10.6 Å². The molecule has 0 unspecified atom stereocenters. The zero-order valence-electron chi connectivity index (χ0n) is 9.59. The van der Waals surface area contributed by atoms with Crippen molar-refractivity contribution in [3.05, 3.63) is 29.5 Å². The third-order valence-electron chi connectivity index (χ3n) is 2.05. The summed E-state index contributed by atoms with van der Waals surface area (Å²) in [5, 5.41) is 6.51. The summed E-state index contributed by atoms with van der Waals surface area (Å²) < 4.78 is 2.53. The molecule has 2 heterocycles. The Labute approximate surface area is 118 Å². The SMILES string of the molecule is CCNC(=S)Nc1cc(-n2cnc(Br)c2)ncn1. The molecule has 2 N–H and O–H groups in total. The second kappa shape index (κ2) is 5.87. The van der Waals surface area contributed by atoms with E-state index in [1.54, 1.807) is 17.0 Å². The summed E-state index contributed by atoms with van der Waals surface area (Å²) in [6.45, 7) is 2.74. The second-order valence-corrected chi connectivity index (χ2v) is 4.57. The van der Waals surface area contributed by atoms with Crippen molar-refractivity contribution in [1.29, 1.82) is 0 Å². The molecule has 0 radical (unpaired) electrons. The molecule has 0 aliphatic rings. The topological polar surface area (TPSA) is 67.7 Å². The Morgan fingerprint density at radius 1 is 1.44 bits per heavy atom. The monoisotopic (exact) mass is 326 g/mol. The van der Waals surface area contributed by atoms with E-state index in [0.717, 1.165) is 11.1 Å². The zero-order valence-corrected chi connectivity index (χ0v) is 12.0.